The third-order valence-electron chi connectivity index (χ3n) is 6.81. The molecule has 2 aromatic heterocycles. The van der Waals surface area contributed by atoms with Gasteiger partial charge in [-0.2, -0.15) is 5.10 Å². The summed E-state index contributed by atoms with van der Waals surface area (Å²) in [7, 11) is 0. The molecule has 1 saturated heterocycles. The molecule has 0 spiro atoms. The van der Waals surface area contributed by atoms with E-state index < -0.39 is 0 Å². The average Bonchev–Trinajstić information content (AvgIpc) is 3.43. The predicted octanol–water partition coefficient (Wildman–Crippen LogP) is 3.35. The molecule has 204 valence electrons. The molecule has 3 heterocycles. The number of nitrogens with zero attached hydrogens (tertiary/aromatic N) is 3. The van der Waals surface area contributed by atoms with Crippen LogP contribution in [0.1, 0.15) is 22.1 Å². The Balaban J connectivity index is 0.00000103. The molecule has 5 aromatic rings. The molecule has 3 N–H and O–H groups in total. The fraction of sp³-hybridized carbons (Fsp3) is 0.200. The van der Waals surface area contributed by atoms with Gasteiger partial charge in [-0.1, -0.05) is 66.7 Å². The van der Waals surface area contributed by atoms with Crippen LogP contribution in [0.4, 0.5) is 0 Å². The highest BCUT2D eigenvalue weighted by atomic mass is 16.5. The van der Waals surface area contributed by atoms with Gasteiger partial charge in [0, 0.05) is 31.3 Å². The van der Waals surface area contributed by atoms with Gasteiger partial charge in [-0.15, -0.1) is 0 Å². The Bertz CT molecular complexity index is 1670. The van der Waals surface area contributed by atoms with Crippen LogP contribution in [-0.4, -0.2) is 69.8 Å². The van der Waals surface area contributed by atoms with Crippen LogP contribution < -0.4 is 10.9 Å². The van der Waals surface area contributed by atoms with E-state index in [2.05, 4.69) is 20.3 Å². The van der Waals surface area contributed by atoms with E-state index in [9.17, 15) is 9.59 Å². The molecule has 1 aliphatic heterocycles. The molecule has 40 heavy (non-hydrogen) atoms. The van der Waals surface area contributed by atoms with E-state index in [1.165, 1.54) is 10.6 Å². The van der Waals surface area contributed by atoms with Crippen LogP contribution in [0, 0.1) is 0 Å². The van der Waals surface area contributed by atoms with E-state index in [-0.39, 0.29) is 29.7 Å². The number of carbonyl (C=O) groups excluding carboxylic acids is 1. The maximum absolute atomic E-state index is 13.3. The molecule has 1 aliphatic rings. The highest BCUT2D eigenvalue weighted by molar-refractivity contribution is 5.94. The van der Waals surface area contributed by atoms with E-state index in [1.807, 2.05) is 72.8 Å². The largest absolute Gasteiger partial charge is 0.483 e. The summed E-state index contributed by atoms with van der Waals surface area (Å²) in [4.78, 5) is 39.8. The standard InChI is InChI=1S/C29H27N5O3.CH2O2/c35-28(30-25(21-7-2-1-3-8-21)18-33-12-14-37-15-13-33)24-17-27-29(36)31-26(19-34(27)32-24)23-11-10-20-6-4-5-9-22(20)16-23;2-1-3/h1-11,16-17,19,25H,12-15,18H2,(H,30,35)(H,31,36);1H,(H,2,3). The molecule has 6 rings (SSSR count). The summed E-state index contributed by atoms with van der Waals surface area (Å²) in [5, 5.41) is 16.7. The van der Waals surface area contributed by atoms with E-state index >= 15 is 0 Å². The quantitative estimate of drug-likeness (QED) is 0.282. The number of morpholine rings is 1. The molecule has 1 unspecified atom stereocenters. The summed E-state index contributed by atoms with van der Waals surface area (Å²) >= 11 is 0. The number of aromatic nitrogens is 3. The molecule has 0 aliphatic carbocycles. The van der Waals surface area contributed by atoms with Crippen LogP contribution in [0.15, 0.2) is 89.9 Å². The number of nitrogens with one attached hydrogen (secondary N) is 2. The molecule has 1 fully saturated rings. The van der Waals surface area contributed by atoms with Gasteiger partial charge in [0.05, 0.1) is 31.1 Å². The lowest BCUT2D eigenvalue weighted by atomic mass is 10.1. The minimum Gasteiger partial charge on any atom is -0.483 e. The molecule has 0 saturated carbocycles. The number of hydrogen-bond acceptors (Lipinski definition) is 6. The zero-order valence-corrected chi connectivity index (χ0v) is 21.7. The zero-order chi connectivity index (χ0) is 27.9. The number of aromatic amines is 1. The molecule has 10 heteroatoms. The summed E-state index contributed by atoms with van der Waals surface area (Å²) in [5.41, 5.74) is 2.73. The van der Waals surface area contributed by atoms with E-state index in [4.69, 9.17) is 14.6 Å². The number of hydrogen-bond donors (Lipinski definition) is 3. The van der Waals surface area contributed by atoms with Crippen molar-refractivity contribution in [2.45, 2.75) is 6.04 Å². The molecular weight excluding hydrogens is 510 g/mol. The Kier molecular flexibility index (Phi) is 8.29. The number of rotatable bonds is 6. The summed E-state index contributed by atoms with van der Waals surface area (Å²) in [6.07, 6.45) is 1.75. The normalized spacial score (nSPS) is 14.3. The second kappa shape index (κ2) is 12.4. The number of ether oxygens (including phenoxy) is 1. The Hall–Kier alpha value is -4.80. The lowest BCUT2D eigenvalue weighted by molar-refractivity contribution is -0.122. The number of fused-ring (bicyclic) bond motifs is 2. The first-order chi connectivity index (χ1) is 19.6. The maximum Gasteiger partial charge on any atom is 0.290 e. The van der Waals surface area contributed by atoms with Gasteiger partial charge in [0.15, 0.2) is 5.69 Å². The van der Waals surface area contributed by atoms with Crippen LogP contribution in [-0.2, 0) is 9.53 Å². The molecule has 0 radical (unpaired) electrons. The lowest BCUT2D eigenvalue weighted by Gasteiger charge is -2.31. The van der Waals surface area contributed by atoms with Crippen molar-refractivity contribution in [3.8, 4) is 11.3 Å². The average molecular weight is 540 g/mol. The Morgan fingerprint density at radius 1 is 1.02 bits per heavy atom. The van der Waals surface area contributed by atoms with Gasteiger partial charge in [0.1, 0.15) is 5.52 Å². The minimum atomic E-state index is -0.322. The number of H-pyrrole nitrogens is 1. The van der Waals surface area contributed by atoms with Crippen molar-refractivity contribution in [2.24, 2.45) is 0 Å². The Morgan fingerprint density at radius 2 is 1.73 bits per heavy atom. The van der Waals surface area contributed by atoms with Gasteiger partial charge in [-0.3, -0.25) is 19.3 Å². The van der Waals surface area contributed by atoms with Gasteiger partial charge in [0.2, 0.25) is 0 Å². The highest BCUT2D eigenvalue weighted by Gasteiger charge is 2.22. The van der Waals surface area contributed by atoms with Gasteiger partial charge >= 0.3 is 0 Å². The summed E-state index contributed by atoms with van der Waals surface area (Å²) in [5.74, 6) is -0.322. The van der Waals surface area contributed by atoms with Crippen LogP contribution >= 0.6 is 0 Å². The summed E-state index contributed by atoms with van der Waals surface area (Å²) < 4.78 is 6.95. The van der Waals surface area contributed by atoms with Crippen molar-refractivity contribution in [1.82, 2.24) is 24.8 Å². The first-order valence-electron chi connectivity index (χ1n) is 12.9. The van der Waals surface area contributed by atoms with Gasteiger partial charge < -0.3 is 20.1 Å². The number of amides is 1. The summed E-state index contributed by atoms with van der Waals surface area (Å²) in [6, 6.07) is 25.3. The predicted molar refractivity (Wildman–Crippen MR) is 151 cm³/mol. The van der Waals surface area contributed by atoms with Gasteiger partial charge in [-0.25, -0.2) is 4.52 Å². The molecule has 1 atom stereocenters. The third kappa shape index (κ3) is 6.09. The van der Waals surface area contributed by atoms with E-state index in [1.54, 1.807) is 6.20 Å². The molecule has 3 aromatic carbocycles. The van der Waals surface area contributed by atoms with Crippen molar-refractivity contribution in [3.05, 3.63) is 107 Å². The fourth-order valence-corrected chi connectivity index (χ4v) is 4.81. The van der Waals surface area contributed by atoms with Crippen molar-refractivity contribution in [2.75, 3.05) is 32.8 Å². The zero-order valence-electron chi connectivity index (χ0n) is 21.7. The maximum atomic E-state index is 13.3. The van der Waals surface area contributed by atoms with Crippen LogP contribution in [0.5, 0.6) is 0 Å². The number of benzene rings is 3. The fourth-order valence-electron chi connectivity index (χ4n) is 4.81. The van der Waals surface area contributed by atoms with Crippen molar-refractivity contribution < 1.29 is 19.4 Å². The molecule has 0 bridgehead atoms. The second-order valence-electron chi connectivity index (χ2n) is 9.37. The molecular formula is C30H29N5O5. The minimum absolute atomic E-state index is 0.198. The second-order valence-corrected chi connectivity index (χ2v) is 9.37. The molecule has 1 amide bonds. The van der Waals surface area contributed by atoms with Crippen LogP contribution in [0.25, 0.3) is 27.5 Å². The summed E-state index contributed by atoms with van der Waals surface area (Å²) in [6.45, 7) is 3.43. The topological polar surface area (TPSA) is 129 Å². The number of carboxylic acid groups (broad SMARTS) is 1. The van der Waals surface area contributed by atoms with E-state index in [0.29, 0.717) is 31.0 Å². The first kappa shape index (κ1) is 26.8. The van der Waals surface area contributed by atoms with Crippen molar-refractivity contribution >= 4 is 28.7 Å². The van der Waals surface area contributed by atoms with Crippen LogP contribution in [0.3, 0.4) is 0 Å². The Labute approximate surface area is 229 Å². The monoisotopic (exact) mass is 539 g/mol. The first-order valence-corrected chi connectivity index (χ1v) is 12.9. The SMILES string of the molecule is O=C(NC(CN1CCOCC1)c1ccccc1)c1cc2c(=O)[nH]c(-c3ccc4ccccc4c3)cn2n1.O=CO. The van der Waals surface area contributed by atoms with Gasteiger partial charge in [0.25, 0.3) is 17.9 Å². The van der Waals surface area contributed by atoms with E-state index in [0.717, 1.165) is 35.0 Å². The Morgan fingerprint density at radius 3 is 2.48 bits per heavy atom. The highest BCUT2D eigenvalue weighted by Crippen LogP contribution is 2.23. The van der Waals surface area contributed by atoms with Crippen LogP contribution in [0.2, 0.25) is 0 Å². The smallest absolute Gasteiger partial charge is 0.290 e. The third-order valence-corrected chi connectivity index (χ3v) is 6.81. The number of carbonyl (C=O) groups is 2. The van der Waals surface area contributed by atoms with Gasteiger partial charge in [-0.05, 0) is 22.4 Å². The lowest BCUT2D eigenvalue weighted by Crippen LogP contribution is -2.43. The molecule has 10 nitrogen and oxygen atoms in total. The van der Waals surface area contributed by atoms with Crippen molar-refractivity contribution in [3.63, 3.8) is 0 Å². The van der Waals surface area contributed by atoms with Crippen molar-refractivity contribution in [1.29, 1.82) is 0 Å².